The summed E-state index contributed by atoms with van der Waals surface area (Å²) in [5.74, 6) is -1.02. The van der Waals surface area contributed by atoms with Crippen LogP contribution in [-0.4, -0.2) is 58.5 Å². The zero-order valence-corrected chi connectivity index (χ0v) is 21.2. The van der Waals surface area contributed by atoms with E-state index in [1.54, 1.807) is 11.7 Å². The predicted molar refractivity (Wildman–Crippen MR) is 138 cm³/mol. The predicted octanol–water partition coefficient (Wildman–Crippen LogP) is 3.46. The van der Waals surface area contributed by atoms with Crippen molar-refractivity contribution in [3.8, 4) is 0 Å². The summed E-state index contributed by atoms with van der Waals surface area (Å²) in [6, 6.07) is 6.32. The molecule has 0 spiro atoms. The molecule has 1 aromatic heterocycles. The third-order valence-corrected chi connectivity index (χ3v) is 8.44. The first-order valence-electron chi connectivity index (χ1n) is 12.4. The zero-order chi connectivity index (χ0) is 27.1. The van der Waals surface area contributed by atoms with Crippen molar-refractivity contribution in [2.75, 3.05) is 25.0 Å². The van der Waals surface area contributed by atoms with Gasteiger partial charge in [-0.15, -0.1) is 11.3 Å². The maximum absolute atomic E-state index is 13.2. The van der Waals surface area contributed by atoms with Gasteiger partial charge in [-0.3, -0.25) is 19.5 Å². The standard InChI is InChI=1S/C26H28F3N5O3S/c27-26(28,29)17-2-1-15-7-16(24(30)36)8-21(20(15)9-17)32-11-23(35)33-18-12-34(13-18)19-3-5-25(37,6-4-19)22-10-31-14-38-22/h1-2,7-10,14,18-19,32,37H,3-6,11-13H2,(H2,30,36)(H,33,35). The Morgan fingerprint density at radius 1 is 1.18 bits per heavy atom. The number of anilines is 1. The van der Waals surface area contributed by atoms with Gasteiger partial charge in [0.25, 0.3) is 0 Å². The molecule has 2 aromatic carbocycles. The summed E-state index contributed by atoms with van der Waals surface area (Å²) >= 11 is 1.47. The Kier molecular flexibility index (Phi) is 7.05. The Labute approximate surface area is 221 Å². The normalized spacial score (nSPS) is 22.7. The number of benzene rings is 2. The van der Waals surface area contributed by atoms with E-state index in [9.17, 15) is 27.9 Å². The lowest BCUT2D eigenvalue weighted by molar-refractivity contribution is -0.137. The lowest BCUT2D eigenvalue weighted by Crippen LogP contribution is -2.63. The fraction of sp³-hybridized carbons (Fsp3) is 0.423. The summed E-state index contributed by atoms with van der Waals surface area (Å²) in [5.41, 5.74) is 5.84. The number of nitrogens with zero attached hydrogens (tertiary/aromatic N) is 2. The molecule has 2 heterocycles. The molecule has 2 amide bonds. The first kappa shape index (κ1) is 26.4. The van der Waals surface area contributed by atoms with Gasteiger partial charge in [-0.05, 0) is 55.3 Å². The molecule has 3 aromatic rings. The van der Waals surface area contributed by atoms with E-state index >= 15 is 0 Å². The first-order chi connectivity index (χ1) is 18.0. The third-order valence-electron chi connectivity index (χ3n) is 7.47. The van der Waals surface area contributed by atoms with Gasteiger partial charge in [-0.25, -0.2) is 0 Å². The minimum Gasteiger partial charge on any atom is -0.384 e. The molecule has 202 valence electrons. The van der Waals surface area contributed by atoms with Crippen molar-refractivity contribution in [1.29, 1.82) is 0 Å². The van der Waals surface area contributed by atoms with Crippen molar-refractivity contribution in [2.24, 2.45) is 5.73 Å². The average molecular weight is 548 g/mol. The number of nitrogens with two attached hydrogens (primary N) is 1. The van der Waals surface area contributed by atoms with E-state index in [2.05, 4.69) is 20.5 Å². The van der Waals surface area contributed by atoms with Crippen LogP contribution in [0.15, 0.2) is 42.0 Å². The highest BCUT2D eigenvalue weighted by Gasteiger charge is 2.41. The van der Waals surface area contributed by atoms with Gasteiger partial charge in [0, 0.05) is 42.0 Å². The van der Waals surface area contributed by atoms with Crippen LogP contribution in [0.25, 0.3) is 10.8 Å². The highest BCUT2D eigenvalue weighted by Crippen LogP contribution is 2.41. The van der Waals surface area contributed by atoms with Crippen LogP contribution in [-0.2, 0) is 16.6 Å². The maximum Gasteiger partial charge on any atom is 0.416 e. The topological polar surface area (TPSA) is 121 Å². The minimum atomic E-state index is -4.53. The monoisotopic (exact) mass is 547 g/mol. The second-order valence-electron chi connectivity index (χ2n) is 10.0. The number of rotatable bonds is 7. The molecule has 8 nitrogen and oxygen atoms in total. The van der Waals surface area contributed by atoms with E-state index in [0.717, 1.165) is 29.9 Å². The van der Waals surface area contributed by atoms with E-state index in [4.69, 9.17) is 5.73 Å². The van der Waals surface area contributed by atoms with Crippen molar-refractivity contribution in [2.45, 2.75) is 49.5 Å². The first-order valence-corrected chi connectivity index (χ1v) is 13.2. The number of aliphatic hydroxyl groups is 1. The van der Waals surface area contributed by atoms with Gasteiger partial charge in [-0.2, -0.15) is 13.2 Å². The number of primary amides is 1. The van der Waals surface area contributed by atoms with Gasteiger partial charge in [0.1, 0.15) is 5.60 Å². The number of alkyl halides is 3. The van der Waals surface area contributed by atoms with Crippen molar-refractivity contribution < 1.29 is 27.9 Å². The second kappa shape index (κ2) is 10.2. The van der Waals surface area contributed by atoms with Crippen LogP contribution < -0.4 is 16.4 Å². The van der Waals surface area contributed by atoms with Crippen LogP contribution >= 0.6 is 11.3 Å². The molecule has 0 bridgehead atoms. The maximum atomic E-state index is 13.2. The number of nitrogens with one attached hydrogen (secondary N) is 2. The fourth-order valence-electron chi connectivity index (χ4n) is 5.32. The van der Waals surface area contributed by atoms with Crippen molar-refractivity contribution >= 4 is 39.6 Å². The summed E-state index contributed by atoms with van der Waals surface area (Å²) in [6.45, 7) is 1.23. The molecule has 1 saturated heterocycles. The quantitative estimate of drug-likeness (QED) is 0.360. The smallest absolute Gasteiger partial charge is 0.384 e. The molecule has 5 N–H and O–H groups in total. The number of hydrogen-bond acceptors (Lipinski definition) is 7. The van der Waals surface area contributed by atoms with Crippen molar-refractivity contribution in [3.63, 3.8) is 0 Å². The molecular formula is C26H28F3N5O3S. The molecule has 38 heavy (non-hydrogen) atoms. The molecule has 0 radical (unpaired) electrons. The van der Waals surface area contributed by atoms with Crippen LogP contribution in [0.3, 0.4) is 0 Å². The lowest BCUT2D eigenvalue weighted by Gasteiger charge is -2.48. The number of hydrogen-bond donors (Lipinski definition) is 4. The number of likely N-dealkylation sites (tertiary alicyclic amines) is 1. The summed E-state index contributed by atoms with van der Waals surface area (Å²) in [5, 5.41) is 17.4. The Balaban J connectivity index is 1.15. The number of fused-ring (bicyclic) bond motifs is 1. The van der Waals surface area contributed by atoms with Gasteiger partial charge in [-0.1, -0.05) is 6.07 Å². The number of amides is 2. The molecule has 2 fully saturated rings. The number of halogens is 3. The van der Waals surface area contributed by atoms with E-state index in [1.807, 2.05) is 0 Å². The zero-order valence-electron chi connectivity index (χ0n) is 20.4. The average Bonchev–Trinajstić information content (AvgIpc) is 3.40. The molecule has 5 rings (SSSR count). The molecular weight excluding hydrogens is 519 g/mol. The summed E-state index contributed by atoms with van der Waals surface area (Å²) in [6.07, 6.45) is 0.271. The Bertz CT molecular complexity index is 1330. The number of thiazole rings is 1. The summed E-state index contributed by atoms with van der Waals surface area (Å²) < 4.78 is 39.7. The van der Waals surface area contributed by atoms with Crippen molar-refractivity contribution in [1.82, 2.24) is 15.2 Å². The molecule has 1 aliphatic heterocycles. The van der Waals surface area contributed by atoms with Crippen LogP contribution in [0.1, 0.15) is 46.5 Å². The third kappa shape index (κ3) is 5.47. The molecule has 0 unspecified atom stereocenters. The van der Waals surface area contributed by atoms with Gasteiger partial charge >= 0.3 is 6.18 Å². The largest absolute Gasteiger partial charge is 0.416 e. The molecule has 1 aliphatic carbocycles. The minimum absolute atomic E-state index is 0.0304. The van der Waals surface area contributed by atoms with Gasteiger partial charge < -0.3 is 21.5 Å². The van der Waals surface area contributed by atoms with E-state index in [0.29, 0.717) is 37.4 Å². The molecule has 1 saturated carbocycles. The van der Waals surface area contributed by atoms with Crippen molar-refractivity contribution in [3.05, 3.63) is 58.0 Å². The number of carbonyl (C=O) groups is 2. The van der Waals surface area contributed by atoms with Crippen LogP contribution in [0.4, 0.5) is 18.9 Å². The van der Waals surface area contributed by atoms with E-state index < -0.39 is 23.2 Å². The van der Waals surface area contributed by atoms with E-state index in [1.165, 1.54) is 29.5 Å². The number of aromatic nitrogens is 1. The summed E-state index contributed by atoms with van der Waals surface area (Å²) in [4.78, 5) is 31.6. The van der Waals surface area contributed by atoms with Crippen LogP contribution in [0, 0.1) is 0 Å². The van der Waals surface area contributed by atoms with Crippen LogP contribution in [0.2, 0.25) is 0 Å². The Hall–Kier alpha value is -3.22. The molecule has 0 atom stereocenters. The highest BCUT2D eigenvalue weighted by atomic mass is 32.1. The molecule has 12 heteroatoms. The lowest BCUT2D eigenvalue weighted by atomic mass is 9.80. The fourth-order valence-corrected chi connectivity index (χ4v) is 6.10. The highest BCUT2D eigenvalue weighted by molar-refractivity contribution is 7.09. The number of carbonyl (C=O) groups excluding carboxylic acids is 2. The molecule has 2 aliphatic rings. The Morgan fingerprint density at radius 2 is 1.92 bits per heavy atom. The van der Waals surface area contributed by atoms with Crippen LogP contribution in [0.5, 0.6) is 0 Å². The van der Waals surface area contributed by atoms with Gasteiger partial charge in [0.2, 0.25) is 11.8 Å². The SMILES string of the molecule is NC(=O)c1cc(NCC(=O)NC2CN(C3CCC(O)(c4cncs4)CC3)C2)c2cc(C(F)(F)F)ccc2c1. The second-order valence-corrected chi connectivity index (χ2v) is 10.9. The van der Waals surface area contributed by atoms with Gasteiger partial charge in [0.15, 0.2) is 0 Å². The summed E-state index contributed by atoms with van der Waals surface area (Å²) in [7, 11) is 0. The Morgan fingerprint density at radius 3 is 2.55 bits per heavy atom. The van der Waals surface area contributed by atoms with Gasteiger partial charge in [0.05, 0.1) is 28.5 Å². The van der Waals surface area contributed by atoms with E-state index in [-0.39, 0.29) is 35.1 Å².